The van der Waals surface area contributed by atoms with Crippen molar-refractivity contribution in [2.45, 2.75) is 0 Å². The molecule has 0 N–H and O–H groups in total. The number of hydrogen-bond acceptors (Lipinski definition) is 4. The summed E-state index contributed by atoms with van der Waals surface area (Å²) in [6, 6.07) is 7.22. The lowest BCUT2D eigenvalue weighted by molar-refractivity contribution is -0.129. The summed E-state index contributed by atoms with van der Waals surface area (Å²) in [6.45, 7) is 5.90. The van der Waals surface area contributed by atoms with Crippen LogP contribution >= 0.6 is 11.8 Å². The maximum absolute atomic E-state index is 12.6. The van der Waals surface area contributed by atoms with Gasteiger partial charge in [-0.2, -0.15) is 0 Å². The van der Waals surface area contributed by atoms with Crippen LogP contribution in [0.5, 0.6) is 5.75 Å². The number of benzene rings is 1. The van der Waals surface area contributed by atoms with Crippen LogP contribution in [0.25, 0.3) is 0 Å². The number of para-hydroxylation sites is 1. The van der Waals surface area contributed by atoms with Gasteiger partial charge in [-0.05, 0) is 12.1 Å². The van der Waals surface area contributed by atoms with E-state index < -0.39 is 0 Å². The Labute approximate surface area is 141 Å². The molecule has 1 aromatic carbocycles. The van der Waals surface area contributed by atoms with Crippen molar-refractivity contribution in [1.29, 1.82) is 0 Å². The maximum atomic E-state index is 12.6. The molecule has 124 valence electrons. The van der Waals surface area contributed by atoms with Crippen molar-refractivity contribution in [3.05, 3.63) is 42.5 Å². The van der Waals surface area contributed by atoms with Gasteiger partial charge in [0.2, 0.25) is 5.91 Å². The molecular formula is C17H22N2O3S. The SMILES string of the molecule is C=CCSCC(=O)N1CCN(C(=O)c2ccccc2OC)CC1. The van der Waals surface area contributed by atoms with E-state index in [2.05, 4.69) is 6.58 Å². The Bertz CT molecular complexity index is 569. The first-order chi connectivity index (χ1) is 11.2. The molecule has 2 amide bonds. The summed E-state index contributed by atoms with van der Waals surface area (Å²) >= 11 is 1.56. The van der Waals surface area contributed by atoms with E-state index >= 15 is 0 Å². The highest BCUT2D eigenvalue weighted by molar-refractivity contribution is 8.00. The predicted molar refractivity (Wildman–Crippen MR) is 93.0 cm³/mol. The molecule has 6 heteroatoms. The molecule has 23 heavy (non-hydrogen) atoms. The summed E-state index contributed by atoms with van der Waals surface area (Å²) in [5.74, 6) is 1.90. The minimum absolute atomic E-state index is 0.0458. The lowest BCUT2D eigenvalue weighted by Gasteiger charge is -2.35. The average Bonchev–Trinajstić information content (AvgIpc) is 2.61. The Morgan fingerprint density at radius 2 is 1.87 bits per heavy atom. The molecule has 0 saturated carbocycles. The maximum Gasteiger partial charge on any atom is 0.257 e. The normalized spacial score (nSPS) is 14.5. The van der Waals surface area contributed by atoms with Gasteiger partial charge in [0.25, 0.3) is 5.91 Å². The molecule has 0 atom stereocenters. The number of thioether (sulfide) groups is 1. The lowest BCUT2D eigenvalue weighted by Crippen LogP contribution is -2.51. The zero-order chi connectivity index (χ0) is 16.7. The minimum Gasteiger partial charge on any atom is -0.496 e. The Morgan fingerprint density at radius 1 is 1.22 bits per heavy atom. The molecule has 1 saturated heterocycles. The Balaban J connectivity index is 1.90. The topological polar surface area (TPSA) is 49.9 Å². The van der Waals surface area contributed by atoms with Crippen molar-refractivity contribution < 1.29 is 14.3 Å². The van der Waals surface area contributed by atoms with Gasteiger partial charge in [0, 0.05) is 31.9 Å². The van der Waals surface area contributed by atoms with Crippen LogP contribution in [0.3, 0.4) is 0 Å². The Morgan fingerprint density at radius 3 is 2.52 bits per heavy atom. The standard InChI is InChI=1S/C17H22N2O3S/c1-3-12-23-13-16(20)18-8-10-19(11-9-18)17(21)14-6-4-5-7-15(14)22-2/h3-7H,1,8-13H2,2H3. The van der Waals surface area contributed by atoms with Crippen LogP contribution in [0.4, 0.5) is 0 Å². The highest BCUT2D eigenvalue weighted by atomic mass is 32.2. The molecule has 5 nitrogen and oxygen atoms in total. The second kappa shape index (κ2) is 8.62. The highest BCUT2D eigenvalue weighted by Gasteiger charge is 2.25. The second-order valence-electron chi connectivity index (χ2n) is 5.18. The summed E-state index contributed by atoms with van der Waals surface area (Å²) in [5, 5.41) is 0. The highest BCUT2D eigenvalue weighted by Crippen LogP contribution is 2.20. The van der Waals surface area contributed by atoms with Gasteiger partial charge in [0.05, 0.1) is 18.4 Å². The molecular weight excluding hydrogens is 312 g/mol. The van der Waals surface area contributed by atoms with E-state index in [0.717, 1.165) is 5.75 Å². The van der Waals surface area contributed by atoms with E-state index in [1.807, 2.05) is 17.0 Å². The van der Waals surface area contributed by atoms with E-state index in [1.165, 1.54) is 0 Å². The van der Waals surface area contributed by atoms with Crippen LogP contribution < -0.4 is 4.74 Å². The van der Waals surface area contributed by atoms with Crippen molar-refractivity contribution >= 4 is 23.6 Å². The smallest absolute Gasteiger partial charge is 0.257 e. The van der Waals surface area contributed by atoms with Crippen LogP contribution in [-0.2, 0) is 4.79 Å². The number of piperazine rings is 1. The van der Waals surface area contributed by atoms with E-state index in [4.69, 9.17) is 4.74 Å². The zero-order valence-electron chi connectivity index (χ0n) is 13.4. The van der Waals surface area contributed by atoms with Crippen LogP contribution in [0, 0.1) is 0 Å². The summed E-state index contributed by atoms with van der Waals surface area (Å²) in [5.41, 5.74) is 0.566. The quantitative estimate of drug-likeness (QED) is 0.589. The largest absolute Gasteiger partial charge is 0.496 e. The van der Waals surface area contributed by atoms with Crippen molar-refractivity contribution in [2.24, 2.45) is 0 Å². The summed E-state index contributed by atoms with van der Waals surface area (Å²) in [6.07, 6.45) is 1.79. The van der Waals surface area contributed by atoms with Gasteiger partial charge in [0.1, 0.15) is 5.75 Å². The molecule has 1 fully saturated rings. The molecule has 1 aliphatic heterocycles. The van der Waals surface area contributed by atoms with Crippen molar-refractivity contribution in [3.63, 3.8) is 0 Å². The Hall–Kier alpha value is -1.95. The third-order valence-electron chi connectivity index (χ3n) is 3.72. The molecule has 0 aliphatic carbocycles. The Kier molecular flexibility index (Phi) is 6.52. The van der Waals surface area contributed by atoms with Crippen molar-refractivity contribution in [1.82, 2.24) is 9.80 Å². The van der Waals surface area contributed by atoms with Gasteiger partial charge in [-0.15, -0.1) is 18.3 Å². The van der Waals surface area contributed by atoms with E-state index in [-0.39, 0.29) is 11.8 Å². The number of carbonyl (C=O) groups is 2. The number of amides is 2. The number of rotatable bonds is 6. The number of methoxy groups -OCH3 is 1. The van der Waals surface area contributed by atoms with Crippen LogP contribution in [0.1, 0.15) is 10.4 Å². The summed E-state index contributed by atoms with van der Waals surface area (Å²) < 4.78 is 5.25. The zero-order valence-corrected chi connectivity index (χ0v) is 14.2. The van der Waals surface area contributed by atoms with Crippen LogP contribution in [0.15, 0.2) is 36.9 Å². The molecule has 0 spiro atoms. The van der Waals surface area contributed by atoms with Gasteiger partial charge in [0.15, 0.2) is 0 Å². The molecule has 0 unspecified atom stereocenters. The first-order valence-electron chi connectivity index (χ1n) is 7.56. The fraction of sp³-hybridized carbons (Fsp3) is 0.412. The average molecular weight is 334 g/mol. The molecule has 1 aromatic rings. The molecule has 0 aromatic heterocycles. The van der Waals surface area contributed by atoms with E-state index in [1.54, 1.807) is 42.0 Å². The summed E-state index contributed by atoms with van der Waals surface area (Å²) in [7, 11) is 1.56. The van der Waals surface area contributed by atoms with E-state index in [0.29, 0.717) is 43.2 Å². The molecule has 0 bridgehead atoms. The number of carbonyl (C=O) groups excluding carboxylic acids is 2. The third kappa shape index (κ3) is 4.51. The fourth-order valence-electron chi connectivity index (χ4n) is 2.47. The molecule has 2 rings (SSSR count). The lowest BCUT2D eigenvalue weighted by atomic mass is 10.1. The van der Waals surface area contributed by atoms with E-state index in [9.17, 15) is 9.59 Å². The molecule has 1 heterocycles. The molecule has 0 radical (unpaired) electrons. The molecule has 1 aliphatic rings. The van der Waals surface area contributed by atoms with Crippen molar-refractivity contribution in [2.75, 3.05) is 44.8 Å². The monoisotopic (exact) mass is 334 g/mol. The van der Waals surface area contributed by atoms with Crippen LogP contribution in [-0.4, -0.2) is 66.4 Å². The van der Waals surface area contributed by atoms with Gasteiger partial charge in [-0.3, -0.25) is 9.59 Å². The van der Waals surface area contributed by atoms with Gasteiger partial charge in [-0.25, -0.2) is 0 Å². The predicted octanol–water partition coefficient (Wildman–Crippen LogP) is 1.90. The van der Waals surface area contributed by atoms with Gasteiger partial charge in [-0.1, -0.05) is 18.2 Å². The number of hydrogen-bond donors (Lipinski definition) is 0. The second-order valence-corrected chi connectivity index (χ2v) is 6.21. The fourth-order valence-corrected chi connectivity index (χ4v) is 3.11. The minimum atomic E-state index is -0.0458. The van der Waals surface area contributed by atoms with Gasteiger partial charge < -0.3 is 14.5 Å². The first-order valence-corrected chi connectivity index (χ1v) is 8.71. The summed E-state index contributed by atoms with van der Waals surface area (Å²) in [4.78, 5) is 28.3. The third-order valence-corrected chi connectivity index (χ3v) is 4.64. The first kappa shape index (κ1) is 17.4. The number of ether oxygens (including phenoxy) is 1. The van der Waals surface area contributed by atoms with Gasteiger partial charge >= 0.3 is 0 Å². The van der Waals surface area contributed by atoms with Crippen LogP contribution in [0.2, 0.25) is 0 Å². The number of nitrogens with zero attached hydrogens (tertiary/aromatic N) is 2. The van der Waals surface area contributed by atoms with Crippen molar-refractivity contribution in [3.8, 4) is 5.75 Å².